The molecule has 0 aliphatic carbocycles. The number of ether oxygens (including phenoxy) is 1. The average Bonchev–Trinajstić information content (AvgIpc) is 2.68. The van der Waals surface area contributed by atoms with E-state index in [1.807, 2.05) is 25.1 Å². The van der Waals surface area contributed by atoms with Gasteiger partial charge in [0.05, 0.1) is 8.95 Å². The first-order valence-electron chi connectivity index (χ1n) is 8.97. The Labute approximate surface area is 197 Å². The van der Waals surface area contributed by atoms with Crippen LogP contribution in [-0.4, -0.2) is 28.4 Å². The minimum absolute atomic E-state index is 0.00215. The fraction of sp³-hybridized carbons (Fsp3) is 0.136. The molecule has 0 saturated carbocycles. The van der Waals surface area contributed by atoms with E-state index in [1.165, 1.54) is 11.0 Å². The smallest absolute Gasteiger partial charge is 0.265 e. The molecule has 1 fully saturated rings. The van der Waals surface area contributed by atoms with Crippen LogP contribution in [-0.2, 0) is 16.2 Å². The number of thiocarbonyl (C=S) groups is 1. The Morgan fingerprint density at radius 3 is 2.53 bits per heavy atom. The zero-order chi connectivity index (χ0) is 21.8. The van der Waals surface area contributed by atoms with E-state index in [4.69, 9.17) is 17.0 Å². The van der Waals surface area contributed by atoms with Crippen LogP contribution in [0.3, 0.4) is 0 Å². The Morgan fingerprint density at radius 1 is 1.20 bits per heavy atom. The van der Waals surface area contributed by atoms with Gasteiger partial charge >= 0.3 is 0 Å². The van der Waals surface area contributed by atoms with Crippen LogP contribution in [0.2, 0.25) is 0 Å². The third-order valence-electron chi connectivity index (χ3n) is 4.29. The van der Waals surface area contributed by atoms with E-state index in [1.54, 1.807) is 18.2 Å². The molecular weight excluding hydrogens is 532 g/mol. The molecule has 0 atom stereocenters. The highest BCUT2D eigenvalue weighted by Crippen LogP contribution is 2.36. The highest BCUT2D eigenvalue weighted by Gasteiger charge is 2.32. The lowest BCUT2D eigenvalue weighted by Gasteiger charge is -2.27. The molecule has 1 saturated heterocycles. The van der Waals surface area contributed by atoms with E-state index in [2.05, 4.69) is 49.8 Å². The molecule has 1 N–H and O–H groups in total. The van der Waals surface area contributed by atoms with Crippen LogP contribution in [0.4, 0.5) is 0 Å². The van der Waals surface area contributed by atoms with Crippen molar-refractivity contribution in [2.75, 3.05) is 6.54 Å². The van der Waals surface area contributed by atoms with Gasteiger partial charge in [0.2, 0.25) is 0 Å². The number of nitrogens with one attached hydrogen (secondary N) is 1. The number of amides is 2. The highest BCUT2D eigenvalue weighted by atomic mass is 79.9. The zero-order valence-electron chi connectivity index (χ0n) is 16.1. The van der Waals surface area contributed by atoms with Gasteiger partial charge in [0.25, 0.3) is 11.8 Å². The quantitative estimate of drug-likeness (QED) is 0.241. The fourth-order valence-electron chi connectivity index (χ4n) is 2.91. The fourth-order valence-corrected chi connectivity index (χ4v) is 4.61. The number of hydrogen-bond acceptors (Lipinski definition) is 4. The number of carbonyl (C=O) groups is 2. The molecule has 8 heteroatoms. The van der Waals surface area contributed by atoms with Gasteiger partial charge in [-0.3, -0.25) is 19.8 Å². The Hall–Kier alpha value is -2.29. The predicted octanol–water partition coefficient (Wildman–Crippen LogP) is 4.91. The first-order valence-corrected chi connectivity index (χ1v) is 11.0. The normalized spacial score (nSPS) is 15.4. The summed E-state index contributed by atoms with van der Waals surface area (Å²) >= 11 is 12.1. The molecule has 0 aromatic heterocycles. The third kappa shape index (κ3) is 5.06. The second kappa shape index (κ2) is 9.68. The molecule has 2 aromatic rings. The first-order chi connectivity index (χ1) is 14.3. The second-order valence-corrected chi connectivity index (χ2v) is 8.71. The molecule has 1 heterocycles. The Bertz CT molecular complexity index is 1060. The van der Waals surface area contributed by atoms with Gasteiger partial charge in [-0.2, -0.15) is 0 Å². The lowest BCUT2D eigenvalue weighted by molar-refractivity contribution is -0.128. The summed E-state index contributed by atoms with van der Waals surface area (Å²) in [5.41, 5.74) is 2.87. The standard InChI is InChI=1S/C22H18Br2N2O3S/c1-3-7-26-21(28)16(20(27)25-22(26)30)9-15-10-17(23)19(18(24)11-15)29-12-14-6-4-5-13(2)8-14/h3-6,8-11H,1,7,12H2,2H3,(H,25,27,30)/b16-9+. The Balaban J connectivity index is 1.85. The van der Waals surface area contributed by atoms with E-state index in [0.29, 0.717) is 26.9 Å². The topological polar surface area (TPSA) is 58.6 Å². The van der Waals surface area contributed by atoms with Crippen LogP contribution >= 0.6 is 44.1 Å². The minimum Gasteiger partial charge on any atom is -0.487 e. The van der Waals surface area contributed by atoms with Gasteiger partial charge in [-0.05, 0) is 80.3 Å². The summed E-state index contributed by atoms with van der Waals surface area (Å²) in [5.74, 6) is -0.361. The molecule has 1 aliphatic rings. The molecule has 0 spiro atoms. The number of nitrogens with zero attached hydrogens (tertiary/aromatic N) is 1. The monoisotopic (exact) mass is 548 g/mol. The zero-order valence-corrected chi connectivity index (χ0v) is 20.1. The van der Waals surface area contributed by atoms with Crippen molar-refractivity contribution in [3.8, 4) is 5.75 Å². The lowest BCUT2D eigenvalue weighted by Crippen LogP contribution is -2.53. The van der Waals surface area contributed by atoms with Crippen molar-refractivity contribution in [3.63, 3.8) is 0 Å². The van der Waals surface area contributed by atoms with Crippen molar-refractivity contribution in [2.24, 2.45) is 0 Å². The molecule has 3 rings (SSSR count). The maximum Gasteiger partial charge on any atom is 0.265 e. The van der Waals surface area contributed by atoms with Crippen LogP contribution in [0, 0.1) is 6.92 Å². The molecule has 154 valence electrons. The van der Waals surface area contributed by atoms with Gasteiger partial charge in [-0.15, -0.1) is 6.58 Å². The molecule has 2 aromatic carbocycles. The lowest BCUT2D eigenvalue weighted by atomic mass is 10.1. The summed E-state index contributed by atoms with van der Waals surface area (Å²) in [6.45, 7) is 6.28. The number of hydrogen-bond donors (Lipinski definition) is 1. The van der Waals surface area contributed by atoms with Crippen LogP contribution in [0.5, 0.6) is 5.75 Å². The summed E-state index contributed by atoms with van der Waals surface area (Å²) in [6, 6.07) is 11.7. The van der Waals surface area contributed by atoms with Gasteiger partial charge in [0, 0.05) is 6.54 Å². The summed E-state index contributed by atoms with van der Waals surface area (Å²) in [7, 11) is 0. The summed E-state index contributed by atoms with van der Waals surface area (Å²) in [6.07, 6.45) is 3.07. The maximum atomic E-state index is 12.7. The Morgan fingerprint density at radius 2 is 1.90 bits per heavy atom. The summed E-state index contributed by atoms with van der Waals surface area (Å²) < 4.78 is 7.35. The summed E-state index contributed by atoms with van der Waals surface area (Å²) in [5, 5.41) is 2.61. The van der Waals surface area contributed by atoms with Crippen molar-refractivity contribution in [2.45, 2.75) is 13.5 Å². The molecule has 30 heavy (non-hydrogen) atoms. The molecule has 1 aliphatic heterocycles. The number of carbonyl (C=O) groups excluding carboxylic acids is 2. The predicted molar refractivity (Wildman–Crippen MR) is 128 cm³/mol. The SMILES string of the molecule is C=CCN1C(=O)/C(=C/c2cc(Br)c(OCc3cccc(C)c3)c(Br)c2)C(=O)NC1=S. The minimum atomic E-state index is -0.530. The molecule has 0 bridgehead atoms. The molecule has 5 nitrogen and oxygen atoms in total. The van der Waals surface area contributed by atoms with Crippen LogP contribution in [0.1, 0.15) is 16.7 Å². The van der Waals surface area contributed by atoms with E-state index in [0.717, 1.165) is 11.1 Å². The van der Waals surface area contributed by atoms with Crippen LogP contribution in [0.25, 0.3) is 6.08 Å². The van der Waals surface area contributed by atoms with Crippen molar-refractivity contribution in [1.29, 1.82) is 0 Å². The van der Waals surface area contributed by atoms with Crippen molar-refractivity contribution in [3.05, 3.63) is 80.3 Å². The largest absolute Gasteiger partial charge is 0.487 e. The van der Waals surface area contributed by atoms with Gasteiger partial charge in [-0.1, -0.05) is 35.9 Å². The molecule has 0 unspecified atom stereocenters. The third-order valence-corrected chi connectivity index (χ3v) is 5.80. The van der Waals surface area contributed by atoms with Gasteiger partial charge in [0.1, 0.15) is 17.9 Å². The van der Waals surface area contributed by atoms with E-state index in [9.17, 15) is 9.59 Å². The highest BCUT2D eigenvalue weighted by molar-refractivity contribution is 9.11. The number of benzene rings is 2. The number of rotatable bonds is 6. The molecule has 0 radical (unpaired) electrons. The average molecular weight is 550 g/mol. The number of halogens is 2. The van der Waals surface area contributed by atoms with Gasteiger partial charge < -0.3 is 4.74 Å². The van der Waals surface area contributed by atoms with Gasteiger partial charge in [-0.25, -0.2) is 0 Å². The molecular formula is C22H18Br2N2O3S. The van der Waals surface area contributed by atoms with Gasteiger partial charge in [0.15, 0.2) is 5.11 Å². The Kier molecular flexibility index (Phi) is 7.23. The summed E-state index contributed by atoms with van der Waals surface area (Å²) in [4.78, 5) is 26.3. The van der Waals surface area contributed by atoms with E-state index >= 15 is 0 Å². The van der Waals surface area contributed by atoms with Crippen molar-refractivity contribution in [1.82, 2.24) is 10.2 Å². The second-order valence-electron chi connectivity index (χ2n) is 6.61. The molecule has 2 amide bonds. The van der Waals surface area contributed by atoms with E-state index < -0.39 is 11.8 Å². The van der Waals surface area contributed by atoms with Crippen molar-refractivity contribution < 1.29 is 14.3 Å². The van der Waals surface area contributed by atoms with E-state index in [-0.39, 0.29) is 17.2 Å². The first kappa shape index (κ1) is 22.4. The van der Waals surface area contributed by atoms with Crippen molar-refractivity contribution >= 4 is 67.1 Å². The maximum absolute atomic E-state index is 12.7. The number of aryl methyl sites for hydroxylation is 1. The van der Waals surface area contributed by atoms with Crippen LogP contribution < -0.4 is 10.1 Å². The van der Waals surface area contributed by atoms with Crippen LogP contribution in [0.15, 0.2) is 63.6 Å².